The molecule has 184 valence electrons. The Labute approximate surface area is 243 Å². The summed E-state index contributed by atoms with van der Waals surface area (Å²) < 4.78 is 12.3. The Hall–Kier alpha value is -1.20. The Morgan fingerprint density at radius 3 is 1.29 bits per heavy atom. The van der Waals surface area contributed by atoms with E-state index in [2.05, 4.69) is 58.3 Å². The van der Waals surface area contributed by atoms with Gasteiger partial charge in [0.2, 0.25) is 0 Å². The summed E-state index contributed by atoms with van der Waals surface area (Å²) in [6, 6.07) is 16.5. The van der Waals surface area contributed by atoms with Gasteiger partial charge in [0.25, 0.3) is 0 Å². The maximum absolute atomic E-state index is 5.67. The fourth-order valence-electron chi connectivity index (χ4n) is 3.74. The van der Waals surface area contributed by atoms with E-state index in [-0.39, 0.29) is 31.9 Å². The predicted octanol–water partition coefficient (Wildman–Crippen LogP) is 3.83. The fraction of sp³-hybridized carbons (Fsp3) is 0.417. The molecular formula is C24H30N4O2S4Zn. The summed E-state index contributed by atoms with van der Waals surface area (Å²) in [4.78, 5) is 8.01. The van der Waals surface area contributed by atoms with Crippen LogP contribution < -0.4 is 9.80 Å². The van der Waals surface area contributed by atoms with Crippen LogP contribution in [-0.2, 0) is 54.2 Å². The summed E-state index contributed by atoms with van der Waals surface area (Å²) in [7, 11) is 8.08. The molecule has 0 radical (unpaired) electrons. The molecule has 0 saturated carbocycles. The summed E-state index contributed by atoms with van der Waals surface area (Å²) in [5, 5.41) is 0. The normalized spacial score (nSPS) is 18.9. The van der Waals surface area contributed by atoms with E-state index < -0.39 is 0 Å². The average molecular weight is 600 g/mol. The molecule has 2 heterocycles. The first kappa shape index (κ1) is 30.0. The minimum atomic E-state index is -0.115. The van der Waals surface area contributed by atoms with E-state index in [0.29, 0.717) is 21.9 Å². The third kappa shape index (κ3) is 7.89. The predicted molar refractivity (Wildman–Crippen MR) is 152 cm³/mol. The molecule has 0 spiro atoms. The van der Waals surface area contributed by atoms with Gasteiger partial charge >= 0.3 is 19.5 Å². The summed E-state index contributed by atoms with van der Waals surface area (Å²) in [5.74, 6) is 0. The van der Waals surface area contributed by atoms with Crippen LogP contribution in [0.3, 0.4) is 0 Å². The van der Waals surface area contributed by atoms with Crippen molar-refractivity contribution in [2.24, 2.45) is 0 Å². The zero-order valence-corrected chi connectivity index (χ0v) is 26.8. The number of thiocarbonyl (C=S) groups is 2. The Balaban J connectivity index is 0.000000240. The van der Waals surface area contributed by atoms with Crippen LogP contribution in [0.1, 0.15) is 23.6 Å². The number of anilines is 2. The minimum absolute atomic E-state index is 0. The van der Waals surface area contributed by atoms with Crippen molar-refractivity contribution in [2.75, 3.05) is 64.3 Å². The molecule has 0 aliphatic carbocycles. The third-order valence-corrected chi connectivity index (χ3v) is 6.58. The summed E-state index contributed by atoms with van der Waals surface area (Å²) >= 11 is 20.2. The largest absolute Gasteiger partial charge is 2.00 e. The van der Waals surface area contributed by atoms with E-state index in [9.17, 15) is 0 Å². The monoisotopic (exact) mass is 598 g/mol. The van der Waals surface area contributed by atoms with Crippen LogP contribution in [0.25, 0.3) is 0 Å². The van der Waals surface area contributed by atoms with Crippen LogP contribution >= 0.6 is 24.4 Å². The van der Waals surface area contributed by atoms with Gasteiger partial charge < -0.3 is 78.8 Å². The maximum atomic E-state index is 5.67. The molecule has 0 bridgehead atoms. The molecule has 2 saturated heterocycles. The molecule has 6 nitrogen and oxygen atoms in total. The van der Waals surface area contributed by atoms with Gasteiger partial charge in [0.1, 0.15) is 0 Å². The van der Waals surface area contributed by atoms with Crippen molar-refractivity contribution < 1.29 is 29.0 Å². The molecule has 2 aromatic rings. The van der Waals surface area contributed by atoms with Crippen molar-refractivity contribution in [1.82, 2.24) is 9.80 Å². The smallest absolute Gasteiger partial charge is 0.411 e. The first-order chi connectivity index (χ1) is 16.2. The zero-order chi connectivity index (χ0) is 24.8. The molecule has 2 fully saturated rings. The summed E-state index contributed by atoms with van der Waals surface area (Å²) in [6.07, 6.45) is -0.229. The van der Waals surface area contributed by atoms with Crippen LogP contribution in [-0.4, -0.2) is 72.9 Å². The maximum Gasteiger partial charge on any atom is 2.00 e. The van der Waals surface area contributed by atoms with Crippen molar-refractivity contribution >= 4 is 69.7 Å². The third-order valence-electron chi connectivity index (χ3n) is 5.64. The topological polar surface area (TPSA) is 31.4 Å². The van der Waals surface area contributed by atoms with Crippen molar-refractivity contribution in [2.45, 2.75) is 12.5 Å². The van der Waals surface area contributed by atoms with Gasteiger partial charge in [0.05, 0.1) is 13.2 Å². The van der Waals surface area contributed by atoms with Crippen molar-refractivity contribution in [1.29, 1.82) is 0 Å². The molecule has 2 atom stereocenters. The van der Waals surface area contributed by atoms with Crippen molar-refractivity contribution in [3.05, 3.63) is 59.7 Å². The number of rotatable bonds is 4. The van der Waals surface area contributed by atoms with Gasteiger partial charge in [-0.1, -0.05) is 32.9 Å². The van der Waals surface area contributed by atoms with E-state index in [1.54, 1.807) is 0 Å². The molecule has 0 aromatic heterocycles. The van der Waals surface area contributed by atoms with Gasteiger partial charge in [-0.25, -0.2) is 0 Å². The molecule has 2 aromatic carbocycles. The SMILES string of the molecule is CN(C)c1ccc(C2OCCN2C(=S)[S-])cc1.CN(C)c1ccc(C2OCCN2C(=S)[S-])cc1.[Zn+2]. The second kappa shape index (κ2) is 13.9. The molecule has 35 heavy (non-hydrogen) atoms. The van der Waals surface area contributed by atoms with Crippen LogP contribution in [0, 0.1) is 0 Å². The number of hydrogen-bond donors (Lipinski definition) is 0. The number of nitrogens with zero attached hydrogens (tertiary/aromatic N) is 4. The second-order valence-corrected chi connectivity index (χ2v) is 10.4. The number of ether oxygens (including phenoxy) is 2. The standard InChI is InChI=1S/2C12H16N2OS2.Zn/c2*1-13(2)10-5-3-9(4-6-10)11-14(12(16)17)7-8-15-11;/h2*3-6,11H,7-8H2,1-2H3,(H,16,17);/q;;+2/p-2. The van der Waals surface area contributed by atoms with Gasteiger partial charge in [0.15, 0.2) is 12.5 Å². The van der Waals surface area contributed by atoms with Crippen LogP contribution in [0.5, 0.6) is 0 Å². The summed E-state index contributed by atoms with van der Waals surface area (Å²) in [5.41, 5.74) is 4.53. The number of benzene rings is 2. The molecule has 0 N–H and O–H groups in total. The minimum Gasteiger partial charge on any atom is -0.411 e. The molecule has 2 aliphatic heterocycles. The molecule has 0 amide bonds. The first-order valence-electron chi connectivity index (χ1n) is 10.9. The second-order valence-electron chi connectivity index (χ2n) is 8.34. The Kier molecular flexibility index (Phi) is 12.0. The van der Waals surface area contributed by atoms with Crippen LogP contribution in [0.2, 0.25) is 0 Å². The average Bonchev–Trinajstić information content (AvgIpc) is 3.50. The Morgan fingerprint density at radius 1 is 0.714 bits per heavy atom. The zero-order valence-electron chi connectivity index (χ0n) is 20.5. The first-order valence-corrected chi connectivity index (χ1v) is 12.6. The molecular weight excluding hydrogens is 570 g/mol. The number of hydrogen-bond acceptors (Lipinski definition) is 8. The van der Waals surface area contributed by atoms with E-state index in [4.69, 9.17) is 59.2 Å². The van der Waals surface area contributed by atoms with Gasteiger partial charge in [-0.05, 0) is 24.3 Å². The molecule has 2 aliphatic rings. The van der Waals surface area contributed by atoms with Crippen LogP contribution in [0.15, 0.2) is 48.5 Å². The van der Waals surface area contributed by atoms with E-state index in [1.807, 2.05) is 38.0 Å². The van der Waals surface area contributed by atoms with Gasteiger partial charge in [-0.3, -0.25) is 0 Å². The summed E-state index contributed by atoms with van der Waals surface area (Å²) in [6.45, 7) is 2.92. The van der Waals surface area contributed by atoms with Gasteiger partial charge in [-0.15, -0.1) is 0 Å². The quantitative estimate of drug-likeness (QED) is 0.294. The van der Waals surface area contributed by atoms with E-state index >= 15 is 0 Å². The molecule has 2 unspecified atom stereocenters. The van der Waals surface area contributed by atoms with Gasteiger partial charge in [0, 0.05) is 63.8 Å². The van der Waals surface area contributed by atoms with Crippen LogP contribution in [0.4, 0.5) is 11.4 Å². The molecule has 4 rings (SSSR count). The van der Waals surface area contributed by atoms with E-state index in [0.717, 1.165) is 24.2 Å². The van der Waals surface area contributed by atoms with Crippen molar-refractivity contribution in [3.63, 3.8) is 0 Å². The van der Waals surface area contributed by atoms with Crippen molar-refractivity contribution in [3.8, 4) is 0 Å². The fourth-order valence-corrected chi connectivity index (χ4v) is 4.49. The van der Waals surface area contributed by atoms with E-state index in [1.165, 1.54) is 11.4 Å². The van der Waals surface area contributed by atoms with Gasteiger partial charge in [-0.2, -0.15) is 0 Å². The Bertz CT molecular complexity index is 897. The molecule has 11 heteroatoms. The Morgan fingerprint density at radius 2 is 1.03 bits per heavy atom.